The highest BCUT2D eigenvalue weighted by molar-refractivity contribution is 8.06. The number of benzene rings is 2. The van der Waals surface area contributed by atoms with Crippen LogP contribution in [-0.2, 0) is 0 Å². The van der Waals surface area contributed by atoms with Crippen molar-refractivity contribution >= 4 is 28.7 Å². The summed E-state index contributed by atoms with van der Waals surface area (Å²) in [6.45, 7) is 9.87. The molecule has 0 N–H and O–H groups in total. The van der Waals surface area contributed by atoms with E-state index in [4.69, 9.17) is 5.26 Å². The number of nitrogens with zero attached hydrogens (tertiary/aromatic N) is 3. The van der Waals surface area contributed by atoms with Gasteiger partial charge in [0.05, 0.1) is 27.7 Å². The first-order valence-electron chi connectivity index (χ1n) is 8.89. The topological polar surface area (TPSA) is 70.2 Å². The number of halogens is 1. The number of hydrogen-bond acceptors (Lipinski definition) is 5. The third-order valence-corrected chi connectivity index (χ3v) is 5.12. The van der Waals surface area contributed by atoms with Gasteiger partial charge in [-0.1, -0.05) is 44.3 Å². The van der Waals surface area contributed by atoms with Crippen molar-refractivity contribution in [2.24, 2.45) is 0 Å². The van der Waals surface area contributed by atoms with Crippen LogP contribution >= 0.6 is 11.8 Å². The molecule has 0 radical (unpaired) electrons. The van der Waals surface area contributed by atoms with E-state index in [9.17, 15) is 14.5 Å². The molecule has 3 rings (SSSR count). The minimum absolute atomic E-state index is 0.287. The van der Waals surface area contributed by atoms with Gasteiger partial charge in [-0.25, -0.2) is 4.39 Å². The van der Waals surface area contributed by atoms with Gasteiger partial charge in [-0.15, -0.1) is 0 Å². The Morgan fingerprint density at radius 1 is 1.24 bits per heavy atom. The smallest absolute Gasteiger partial charge is 0.272 e. The van der Waals surface area contributed by atoms with Crippen molar-refractivity contribution < 1.29 is 9.31 Å². The minimum Gasteiger partial charge on any atom is -0.311 e. The Morgan fingerprint density at radius 2 is 1.90 bits per heavy atom. The Labute approximate surface area is 173 Å². The SMILES string of the molecule is C=C(c1ccc(C#N)cc1)N1C=CS/C1=C(/C)c1ccc([N+](=O)[O-])cc1F.CC. The van der Waals surface area contributed by atoms with E-state index in [2.05, 4.69) is 12.6 Å². The van der Waals surface area contributed by atoms with Crippen LogP contribution in [0.25, 0.3) is 11.3 Å². The molecule has 0 saturated heterocycles. The molecule has 1 heterocycles. The lowest BCUT2D eigenvalue weighted by atomic mass is 10.1. The Morgan fingerprint density at radius 3 is 2.45 bits per heavy atom. The second kappa shape index (κ2) is 9.71. The van der Waals surface area contributed by atoms with Crippen molar-refractivity contribution in [3.63, 3.8) is 0 Å². The summed E-state index contributed by atoms with van der Waals surface area (Å²) < 4.78 is 14.4. The van der Waals surface area contributed by atoms with E-state index in [-0.39, 0.29) is 5.69 Å². The van der Waals surface area contributed by atoms with Crippen LogP contribution in [0.4, 0.5) is 10.1 Å². The lowest BCUT2D eigenvalue weighted by molar-refractivity contribution is -0.385. The first-order valence-corrected chi connectivity index (χ1v) is 9.77. The molecule has 148 valence electrons. The molecule has 0 aliphatic carbocycles. The van der Waals surface area contributed by atoms with Crippen molar-refractivity contribution in [2.75, 3.05) is 0 Å². The molecule has 0 atom stereocenters. The average molecular weight is 409 g/mol. The van der Waals surface area contributed by atoms with Crippen LogP contribution in [0.3, 0.4) is 0 Å². The second-order valence-electron chi connectivity index (χ2n) is 5.76. The monoisotopic (exact) mass is 409 g/mol. The fourth-order valence-corrected chi connectivity index (χ4v) is 3.56. The largest absolute Gasteiger partial charge is 0.311 e. The highest BCUT2D eigenvalue weighted by atomic mass is 32.2. The van der Waals surface area contributed by atoms with E-state index in [1.807, 2.05) is 30.4 Å². The van der Waals surface area contributed by atoms with Gasteiger partial charge in [0.25, 0.3) is 5.69 Å². The summed E-state index contributed by atoms with van der Waals surface area (Å²) in [5, 5.41) is 22.3. The van der Waals surface area contributed by atoms with Crippen LogP contribution in [-0.4, -0.2) is 9.82 Å². The lowest BCUT2D eigenvalue weighted by Gasteiger charge is -2.23. The van der Waals surface area contributed by atoms with Gasteiger partial charge in [0.15, 0.2) is 0 Å². The predicted octanol–water partition coefficient (Wildman–Crippen LogP) is 6.51. The highest BCUT2D eigenvalue weighted by Crippen LogP contribution is 2.40. The summed E-state index contributed by atoms with van der Waals surface area (Å²) in [4.78, 5) is 12.0. The van der Waals surface area contributed by atoms with E-state index < -0.39 is 10.7 Å². The fourth-order valence-electron chi connectivity index (χ4n) is 2.67. The quantitative estimate of drug-likeness (QED) is 0.425. The van der Waals surface area contributed by atoms with Crippen molar-refractivity contribution in [1.82, 2.24) is 4.90 Å². The van der Waals surface area contributed by atoms with Crippen LogP contribution < -0.4 is 0 Å². The molecular formula is C22H20FN3O2S. The van der Waals surface area contributed by atoms with Crippen molar-refractivity contribution in [1.29, 1.82) is 5.26 Å². The maximum absolute atomic E-state index is 14.4. The minimum atomic E-state index is -0.648. The molecular weight excluding hydrogens is 389 g/mol. The Hall–Kier alpha value is -3.37. The average Bonchev–Trinajstić information content (AvgIpc) is 3.24. The maximum atomic E-state index is 14.4. The summed E-state index contributed by atoms with van der Waals surface area (Å²) >= 11 is 1.41. The van der Waals surface area contributed by atoms with Crippen molar-refractivity contribution in [3.05, 3.63) is 98.3 Å². The third-order valence-electron chi connectivity index (χ3n) is 4.13. The molecule has 5 nitrogen and oxygen atoms in total. The number of non-ortho nitro benzene ring substituents is 1. The van der Waals surface area contributed by atoms with Gasteiger partial charge in [0.2, 0.25) is 0 Å². The fraction of sp³-hybridized carbons (Fsp3) is 0.136. The first kappa shape index (κ1) is 21.9. The molecule has 0 amide bonds. The zero-order valence-corrected chi connectivity index (χ0v) is 17.2. The number of nitro benzene ring substituents is 1. The van der Waals surface area contributed by atoms with Gasteiger partial charge >= 0.3 is 0 Å². The summed E-state index contributed by atoms with van der Waals surface area (Å²) in [6, 6.07) is 12.7. The number of allylic oxidation sites excluding steroid dienone is 1. The predicted molar refractivity (Wildman–Crippen MR) is 116 cm³/mol. The Bertz CT molecular complexity index is 1040. The van der Waals surface area contributed by atoms with E-state index in [1.54, 1.807) is 31.2 Å². The third kappa shape index (κ3) is 4.73. The van der Waals surface area contributed by atoms with E-state index in [1.165, 1.54) is 23.9 Å². The van der Waals surface area contributed by atoms with Crippen LogP contribution in [0.5, 0.6) is 0 Å². The second-order valence-corrected chi connectivity index (χ2v) is 6.65. The molecule has 0 saturated carbocycles. The molecule has 0 fully saturated rings. The molecule has 0 bridgehead atoms. The molecule has 29 heavy (non-hydrogen) atoms. The normalized spacial score (nSPS) is 14.0. The molecule has 2 aromatic carbocycles. The standard InChI is InChI=1S/C20H14FN3O2S.C2H6/c1-13(18-8-7-17(24(25)26)11-19(18)21)20-23(9-10-27-20)14(2)16-5-3-15(12-22)4-6-16;1-2/h3-11H,2H2,1H3;1-2H3/b20-13-;. The van der Waals surface area contributed by atoms with Crippen LogP contribution in [0, 0.1) is 27.3 Å². The van der Waals surface area contributed by atoms with Gasteiger partial charge in [0, 0.05) is 23.5 Å². The van der Waals surface area contributed by atoms with Gasteiger partial charge < -0.3 is 4.90 Å². The Balaban J connectivity index is 0.00000145. The number of hydrogen-bond donors (Lipinski definition) is 0. The van der Waals surface area contributed by atoms with Crippen molar-refractivity contribution in [2.45, 2.75) is 20.8 Å². The number of rotatable bonds is 4. The van der Waals surface area contributed by atoms with E-state index in [0.717, 1.165) is 16.7 Å². The molecule has 1 aliphatic rings. The number of nitro groups is 1. The maximum Gasteiger partial charge on any atom is 0.272 e. The van der Waals surface area contributed by atoms with Gasteiger partial charge in [-0.05, 0) is 41.7 Å². The molecule has 1 aliphatic heterocycles. The van der Waals surface area contributed by atoms with E-state index >= 15 is 0 Å². The summed E-state index contributed by atoms with van der Waals surface area (Å²) in [5.41, 5.74) is 2.72. The summed E-state index contributed by atoms with van der Waals surface area (Å²) in [5.74, 6) is -0.648. The molecule has 0 unspecified atom stereocenters. The summed E-state index contributed by atoms with van der Waals surface area (Å²) in [6.07, 6.45) is 1.83. The Kier molecular flexibility index (Phi) is 7.34. The number of nitriles is 1. The zero-order valence-electron chi connectivity index (χ0n) is 16.3. The highest BCUT2D eigenvalue weighted by Gasteiger charge is 2.22. The first-order chi connectivity index (χ1) is 13.9. The molecule has 0 aromatic heterocycles. The van der Waals surface area contributed by atoms with Gasteiger partial charge in [0.1, 0.15) is 5.82 Å². The van der Waals surface area contributed by atoms with Gasteiger partial charge in [-0.3, -0.25) is 10.1 Å². The number of thioether (sulfide) groups is 1. The van der Waals surface area contributed by atoms with Crippen LogP contribution in [0.15, 0.2) is 65.7 Å². The molecule has 2 aromatic rings. The lowest BCUT2D eigenvalue weighted by Crippen LogP contribution is -2.11. The summed E-state index contributed by atoms with van der Waals surface area (Å²) in [7, 11) is 0. The van der Waals surface area contributed by atoms with Crippen molar-refractivity contribution in [3.8, 4) is 6.07 Å². The van der Waals surface area contributed by atoms with Gasteiger partial charge in [-0.2, -0.15) is 5.26 Å². The zero-order chi connectivity index (χ0) is 21.6. The van der Waals surface area contributed by atoms with Crippen LogP contribution in [0.2, 0.25) is 0 Å². The molecule has 7 heteroatoms. The van der Waals surface area contributed by atoms with Crippen LogP contribution in [0.1, 0.15) is 37.5 Å². The van der Waals surface area contributed by atoms with E-state index in [0.29, 0.717) is 22.4 Å². The molecule has 0 spiro atoms.